The number of halogens is 1. The number of carbonyl (C=O) groups excluding carboxylic acids is 1. The third-order valence-corrected chi connectivity index (χ3v) is 2.41. The minimum Gasteiger partial charge on any atom is -0.357 e. The number of Topliss-reactive ketones (excluding diaryl/α,β-unsaturated/α-hetero) is 1. The van der Waals surface area contributed by atoms with E-state index in [-0.39, 0.29) is 18.0 Å². The predicted molar refractivity (Wildman–Crippen MR) is 35.3 cm³/mol. The molecule has 2 aliphatic rings. The van der Waals surface area contributed by atoms with Crippen LogP contribution in [-0.2, 0) is 9.53 Å². The number of ether oxygens (including phenoxy) is 1. The summed E-state index contributed by atoms with van der Waals surface area (Å²) in [5, 5.41) is 0. The van der Waals surface area contributed by atoms with Gasteiger partial charge in [0.1, 0.15) is 6.10 Å². The van der Waals surface area contributed by atoms with Gasteiger partial charge in [0, 0.05) is 10.9 Å². The van der Waals surface area contributed by atoms with E-state index in [1.165, 1.54) is 0 Å². The second-order valence-electron chi connectivity index (χ2n) is 2.27. The number of hydrogen-bond donors (Lipinski definition) is 0. The van der Waals surface area contributed by atoms with Crippen LogP contribution in [0.5, 0.6) is 0 Å². The molecule has 2 nitrogen and oxygen atoms in total. The van der Waals surface area contributed by atoms with Crippen LogP contribution in [0.3, 0.4) is 0 Å². The van der Waals surface area contributed by atoms with Crippen LogP contribution in [0.1, 0.15) is 6.42 Å². The molecular formula is C6H5BrO2. The van der Waals surface area contributed by atoms with Crippen molar-refractivity contribution in [1.82, 2.24) is 0 Å². The van der Waals surface area contributed by atoms with Crippen molar-refractivity contribution in [2.45, 2.75) is 18.6 Å². The van der Waals surface area contributed by atoms with Crippen molar-refractivity contribution in [3.05, 3.63) is 10.6 Å². The predicted octanol–water partition coefficient (Wildman–Crippen LogP) is 1.01. The summed E-state index contributed by atoms with van der Waals surface area (Å²) in [5.41, 5.74) is 0. The van der Waals surface area contributed by atoms with Crippen molar-refractivity contribution < 1.29 is 9.53 Å². The Hall–Kier alpha value is -0.150. The first-order valence-corrected chi connectivity index (χ1v) is 3.62. The molecule has 2 aliphatic heterocycles. The first-order valence-electron chi connectivity index (χ1n) is 2.83. The first kappa shape index (κ1) is 5.62. The van der Waals surface area contributed by atoms with Crippen LogP contribution >= 0.6 is 15.9 Å². The Bertz CT molecular complexity index is 197. The summed E-state index contributed by atoms with van der Waals surface area (Å²) >= 11 is 3.31. The van der Waals surface area contributed by atoms with Crippen LogP contribution in [0.4, 0.5) is 0 Å². The Labute approximate surface area is 61.0 Å². The van der Waals surface area contributed by atoms with Gasteiger partial charge in [-0.25, -0.2) is 0 Å². The van der Waals surface area contributed by atoms with Crippen LogP contribution in [0.15, 0.2) is 10.6 Å². The molecule has 0 aliphatic carbocycles. The zero-order valence-electron chi connectivity index (χ0n) is 4.63. The quantitative estimate of drug-likeness (QED) is 0.568. The molecule has 9 heavy (non-hydrogen) atoms. The number of hydrogen-bond acceptors (Lipinski definition) is 2. The van der Waals surface area contributed by atoms with Gasteiger partial charge < -0.3 is 4.74 Å². The smallest absolute Gasteiger partial charge is 0.168 e. The highest BCUT2D eigenvalue weighted by Gasteiger charge is 2.39. The van der Waals surface area contributed by atoms with E-state index in [1.54, 1.807) is 0 Å². The van der Waals surface area contributed by atoms with Crippen molar-refractivity contribution in [3.63, 3.8) is 0 Å². The third-order valence-electron chi connectivity index (χ3n) is 1.63. The molecule has 2 bridgehead atoms. The van der Waals surface area contributed by atoms with E-state index in [9.17, 15) is 4.79 Å². The molecular weight excluding hydrogens is 184 g/mol. The van der Waals surface area contributed by atoms with E-state index in [1.807, 2.05) is 6.08 Å². The van der Waals surface area contributed by atoms with Crippen LogP contribution in [0, 0.1) is 0 Å². The summed E-state index contributed by atoms with van der Waals surface area (Å²) in [4.78, 5) is 10.8. The van der Waals surface area contributed by atoms with E-state index in [0.29, 0.717) is 6.42 Å². The lowest BCUT2D eigenvalue weighted by Crippen LogP contribution is -2.11. The van der Waals surface area contributed by atoms with Crippen molar-refractivity contribution in [2.24, 2.45) is 0 Å². The Morgan fingerprint density at radius 1 is 1.78 bits per heavy atom. The maximum atomic E-state index is 10.8. The number of ketones is 1. The van der Waals surface area contributed by atoms with Gasteiger partial charge in [0.15, 0.2) is 5.78 Å². The normalized spacial score (nSPS) is 39.7. The van der Waals surface area contributed by atoms with Crippen LogP contribution in [0.25, 0.3) is 0 Å². The molecule has 1 saturated heterocycles. The molecule has 0 radical (unpaired) electrons. The average Bonchev–Trinajstić information content (AvgIpc) is 2.24. The molecule has 3 heteroatoms. The Kier molecular flexibility index (Phi) is 1.04. The van der Waals surface area contributed by atoms with Gasteiger partial charge in [-0.15, -0.1) is 0 Å². The average molecular weight is 189 g/mol. The summed E-state index contributed by atoms with van der Waals surface area (Å²) in [6, 6.07) is 0. The zero-order valence-corrected chi connectivity index (χ0v) is 6.22. The summed E-state index contributed by atoms with van der Waals surface area (Å²) in [5.74, 6) is 0.211. The summed E-state index contributed by atoms with van der Waals surface area (Å²) < 4.78 is 6.24. The molecule has 0 unspecified atom stereocenters. The van der Waals surface area contributed by atoms with Crippen molar-refractivity contribution in [2.75, 3.05) is 0 Å². The zero-order chi connectivity index (χ0) is 6.43. The van der Waals surface area contributed by atoms with Gasteiger partial charge in [-0.1, -0.05) is 15.9 Å². The fourth-order valence-electron chi connectivity index (χ4n) is 1.15. The Morgan fingerprint density at radius 2 is 2.56 bits per heavy atom. The van der Waals surface area contributed by atoms with Crippen molar-refractivity contribution in [1.29, 1.82) is 0 Å². The third kappa shape index (κ3) is 0.682. The van der Waals surface area contributed by atoms with Gasteiger partial charge in [-0.2, -0.15) is 0 Å². The first-order chi connectivity index (χ1) is 4.27. The van der Waals surface area contributed by atoms with Gasteiger partial charge in [0.05, 0.1) is 6.10 Å². The highest BCUT2D eigenvalue weighted by molar-refractivity contribution is 9.11. The molecule has 48 valence electrons. The Balaban J connectivity index is 2.35. The van der Waals surface area contributed by atoms with Gasteiger partial charge in [0.2, 0.25) is 0 Å². The lowest BCUT2D eigenvalue weighted by Gasteiger charge is -1.99. The van der Waals surface area contributed by atoms with E-state index in [2.05, 4.69) is 15.9 Å². The fraction of sp³-hybridized carbons (Fsp3) is 0.500. The lowest BCUT2D eigenvalue weighted by molar-refractivity contribution is -0.120. The van der Waals surface area contributed by atoms with Gasteiger partial charge >= 0.3 is 0 Å². The maximum Gasteiger partial charge on any atom is 0.168 e. The molecule has 2 heterocycles. The molecule has 0 N–H and O–H groups in total. The second-order valence-corrected chi connectivity index (χ2v) is 3.18. The van der Waals surface area contributed by atoms with Crippen LogP contribution in [-0.4, -0.2) is 18.0 Å². The van der Waals surface area contributed by atoms with Gasteiger partial charge in [-0.3, -0.25) is 4.79 Å². The van der Waals surface area contributed by atoms with E-state index < -0.39 is 0 Å². The van der Waals surface area contributed by atoms with Gasteiger partial charge in [-0.05, 0) is 6.08 Å². The molecule has 2 atom stereocenters. The number of carbonyl (C=O) groups is 1. The molecule has 2 rings (SSSR count). The topological polar surface area (TPSA) is 26.3 Å². The van der Waals surface area contributed by atoms with Crippen LogP contribution < -0.4 is 0 Å². The second kappa shape index (κ2) is 1.67. The summed E-state index contributed by atoms with van der Waals surface area (Å²) in [7, 11) is 0. The molecule has 0 aromatic rings. The van der Waals surface area contributed by atoms with Crippen molar-refractivity contribution >= 4 is 21.7 Å². The molecule has 0 amide bonds. The Morgan fingerprint density at radius 3 is 2.89 bits per heavy atom. The van der Waals surface area contributed by atoms with Gasteiger partial charge in [0.25, 0.3) is 0 Å². The van der Waals surface area contributed by atoms with E-state index in [4.69, 9.17) is 4.74 Å². The minimum absolute atomic E-state index is 0.0440. The highest BCUT2D eigenvalue weighted by Crippen LogP contribution is 2.34. The van der Waals surface area contributed by atoms with Crippen LogP contribution in [0.2, 0.25) is 0 Å². The molecule has 0 aromatic carbocycles. The largest absolute Gasteiger partial charge is 0.357 e. The molecule has 0 spiro atoms. The molecule has 0 aromatic heterocycles. The van der Waals surface area contributed by atoms with E-state index in [0.717, 1.165) is 4.48 Å². The monoisotopic (exact) mass is 188 g/mol. The van der Waals surface area contributed by atoms with E-state index >= 15 is 0 Å². The fourth-order valence-corrected chi connectivity index (χ4v) is 1.66. The lowest BCUT2D eigenvalue weighted by atomic mass is 10.1. The molecule has 1 fully saturated rings. The SMILES string of the molecule is O=C1C[C@@H]2O[C@H]1C=C2Br. The molecule has 0 saturated carbocycles. The number of fused-ring (bicyclic) bond motifs is 2. The highest BCUT2D eigenvalue weighted by atomic mass is 79.9. The summed E-state index contributed by atoms with van der Waals surface area (Å²) in [6.45, 7) is 0. The standard InChI is InChI=1S/C6H5BrO2/c7-3-1-6-4(8)2-5(3)9-6/h1,5-6H,2H2/t5-,6-/m0/s1. The summed E-state index contributed by atoms with van der Waals surface area (Å²) in [6.07, 6.45) is 2.20. The van der Waals surface area contributed by atoms with Crippen molar-refractivity contribution in [3.8, 4) is 0 Å². The number of rotatable bonds is 0. The maximum absolute atomic E-state index is 10.8. The minimum atomic E-state index is -0.232.